The molecule has 0 unspecified atom stereocenters. The summed E-state index contributed by atoms with van der Waals surface area (Å²) in [6, 6.07) is 0. The third kappa shape index (κ3) is 1.31. The Morgan fingerprint density at radius 3 is 2.56 bits per heavy atom. The number of rotatable bonds is 0. The number of carbonyl (C=O) groups is 2. The second-order valence-electron chi connectivity index (χ2n) is 4.53. The van der Waals surface area contributed by atoms with E-state index in [2.05, 4.69) is 4.98 Å². The summed E-state index contributed by atoms with van der Waals surface area (Å²) in [6.07, 6.45) is 6.39. The Hall–Kier alpha value is -1.51. The number of carbonyl (C=O) groups excluding carboxylic acids is 2. The van der Waals surface area contributed by atoms with Gasteiger partial charge < -0.3 is 0 Å². The molecule has 0 fully saturated rings. The van der Waals surface area contributed by atoms with Crippen LogP contribution in [0.2, 0.25) is 0 Å². The van der Waals surface area contributed by atoms with E-state index in [0.29, 0.717) is 18.4 Å². The highest BCUT2D eigenvalue weighted by molar-refractivity contribution is 6.05. The standard InChI is InChI=1S/C13H13NO2/c15-11-5-1-3-8-9(11)7-14-10-4-2-6-12(16)13(8)10/h7H,1-6H2. The van der Waals surface area contributed by atoms with E-state index in [-0.39, 0.29) is 11.6 Å². The third-order valence-electron chi connectivity index (χ3n) is 3.49. The van der Waals surface area contributed by atoms with E-state index in [4.69, 9.17) is 0 Å². The Bertz CT molecular complexity index is 491. The predicted molar refractivity (Wildman–Crippen MR) is 58.8 cm³/mol. The zero-order valence-corrected chi connectivity index (χ0v) is 9.08. The number of nitrogens with zero attached hydrogens (tertiary/aromatic N) is 1. The summed E-state index contributed by atoms with van der Waals surface area (Å²) < 4.78 is 0. The van der Waals surface area contributed by atoms with E-state index < -0.39 is 0 Å². The average Bonchev–Trinajstić information content (AvgIpc) is 2.29. The van der Waals surface area contributed by atoms with Crippen LogP contribution in [-0.4, -0.2) is 16.6 Å². The molecule has 0 amide bonds. The van der Waals surface area contributed by atoms with Crippen molar-refractivity contribution < 1.29 is 9.59 Å². The topological polar surface area (TPSA) is 47.0 Å². The van der Waals surface area contributed by atoms with Gasteiger partial charge in [-0.2, -0.15) is 0 Å². The van der Waals surface area contributed by atoms with Crippen molar-refractivity contribution in [2.45, 2.75) is 38.5 Å². The molecule has 0 N–H and O–H groups in total. The van der Waals surface area contributed by atoms with Crippen molar-refractivity contribution in [2.24, 2.45) is 0 Å². The lowest BCUT2D eigenvalue weighted by atomic mass is 9.83. The van der Waals surface area contributed by atoms with Crippen molar-refractivity contribution in [3.8, 4) is 0 Å². The molecule has 0 aliphatic heterocycles. The quantitative estimate of drug-likeness (QED) is 0.666. The van der Waals surface area contributed by atoms with Crippen LogP contribution in [0.3, 0.4) is 0 Å². The van der Waals surface area contributed by atoms with Crippen LogP contribution in [0.4, 0.5) is 0 Å². The molecule has 0 atom stereocenters. The lowest BCUT2D eigenvalue weighted by Crippen LogP contribution is -2.21. The highest BCUT2D eigenvalue weighted by Gasteiger charge is 2.27. The van der Waals surface area contributed by atoms with E-state index in [0.717, 1.165) is 42.5 Å². The molecule has 0 bridgehead atoms. The van der Waals surface area contributed by atoms with Gasteiger partial charge in [-0.3, -0.25) is 14.6 Å². The Morgan fingerprint density at radius 2 is 1.69 bits per heavy atom. The van der Waals surface area contributed by atoms with Gasteiger partial charge in [0.05, 0.1) is 5.69 Å². The van der Waals surface area contributed by atoms with Crippen molar-refractivity contribution in [2.75, 3.05) is 0 Å². The van der Waals surface area contributed by atoms with Crippen molar-refractivity contribution in [1.82, 2.24) is 4.98 Å². The first-order valence-corrected chi connectivity index (χ1v) is 5.84. The van der Waals surface area contributed by atoms with Gasteiger partial charge >= 0.3 is 0 Å². The summed E-state index contributed by atoms with van der Waals surface area (Å²) in [4.78, 5) is 27.9. The van der Waals surface area contributed by atoms with E-state index in [1.165, 1.54) is 0 Å². The molecule has 82 valence electrons. The lowest BCUT2D eigenvalue weighted by Gasteiger charge is -2.22. The second-order valence-corrected chi connectivity index (χ2v) is 4.53. The van der Waals surface area contributed by atoms with E-state index in [1.807, 2.05) is 0 Å². The molecule has 1 aromatic heterocycles. The monoisotopic (exact) mass is 215 g/mol. The largest absolute Gasteiger partial charge is 0.294 e. The van der Waals surface area contributed by atoms with E-state index >= 15 is 0 Å². The normalized spacial score (nSPS) is 19.2. The molecular weight excluding hydrogens is 202 g/mol. The van der Waals surface area contributed by atoms with Crippen LogP contribution in [0.1, 0.15) is 57.7 Å². The maximum absolute atomic E-state index is 11.9. The van der Waals surface area contributed by atoms with Crippen LogP contribution >= 0.6 is 0 Å². The number of ketones is 2. The number of pyridine rings is 1. The molecule has 16 heavy (non-hydrogen) atoms. The second kappa shape index (κ2) is 3.51. The van der Waals surface area contributed by atoms with Gasteiger partial charge in [0.15, 0.2) is 11.6 Å². The Morgan fingerprint density at radius 1 is 0.938 bits per heavy atom. The fraction of sp³-hybridized carbons (Fsp3) is 0.462. The van der Waals surface area contributed by atoms with Crippen LogP contribution in [0.15, 0.2) is 6.20 Å². The van der Waals surface area contributed by atoms with Crippen LogP contribution < -0.4 is 0 Å². The summed E-state index contributed by atoms with van der Waals surface area (Å²) in [5.41, 5.74) is 3.35. The molecule has 2 aliphatic rings. The molecule has 3 rings (SSSR count). The summed E-state index contributed by atoms with van der Waals surface area (Å²) in [6.45, 7) is 0. The van der Waals surface area contributed by atoms with Gasteiger partial charge in [0.25, 0.3) is 0 Å². The van der Waals surface area contributed by atoms with Crippen molar-refractivity contribution in [3.05, 3.63) is 28.6 Å². The van der Waals surface area contributed by atoms with Crippen molar-refractivity contribution in [1.29, 1.82) is 0 Å². The number of Topliss-reactive ketones (excluding diaryl/α,β-unsaturated/α-hetero) is 2. The van der Waals surface area contributed by atoms with E-state index in [1.54, 1.807) is 6.20 Å². The first-order chi connectivity index (χ1) is 7.77. The molecule has 0 saturated carbocycles. The molecule has 0 saturated heterocycles. The van der Waals surface area contributed by atoms with Crippen molar-refractivity contribution in [3.63, 3.8) is 0 Å². The highest BCUT2D eigenvalue weighted by atomic mass is 16.1. The Kier molecular flexibility index (Phi) is 2.13. The SMILES string of the molecule is O=C1CCCc2c1cnc1c2C(=O)CCC1. The summed E-state index contributed by atoms with van der Waals surface area (Å²) >= 11 is 0. The van der Waals surface area contributed by atoms with Crippen LogP contribution in [0.5, 0.6) is 0 Å². The zero-order chi connectivity index (χ0) is 11.1. The van der Waals surface area contributed by atoms with Gasteiger partial charge in [-0.25, -0.2) is 0 Å². The maximum atomic E-state index is 11.9. The minimum absolute atomic E-state index is 0.148. The molecule has 1 heterocycles. The van der Waals surface area contributed by atoms with Gasteiger partial charge in [0, 0.05) is 30.2 Å². The summed E-state index contributed by atoms with van der Waals surface area (Å²) in [5, 5.41) is 0. The average molecular weight is 215 g/mol. The van der Waals surface area contributed by atoms with Gasteiger partial charge in [-0.15, -0.1) is 0 Å². The smallest absolute Gasteiger partial charge is 0.165 e. The predicted octanol–water partition coefficient (Wildman–Crippen LogP) is 2.12. The number of fused-ring (bicyclic) bond motifs is 3. The van der Waals surface area contributed by atoms with Crippen LogP contribution in [0, 0.1) is 0 Å². The third-order valence-corrected chi connectivity index (χ3v) is 3.49. The van der Waals surface area contributed by atoms with Gasteiger partial charge in [-0.05, 0) is 31.2 Å². The zero-order valence-electron chi connectivity index (χ0n) is 9.08. The molecular formula is C13H13NO2. The van der Waals surface area contributed by atoms with Crippen molar-refractivity contribution >= 4 is 11.6 Å². The molecule has 3 heteroatoms. The fourth-order valence-corrected chi connectivity index (χ4v) is 2.71. The van der Waals surface area contributed by atoms with Gasteiger partial charge in [0.2, 0.25) is 0 Å². The number of hydrogen-bond donors (Lipinski definition) is 0. The first-order valence-electron chi connectivity index (χ1n) is 5.84. The molecule has 0 aromatic carbocycles. The maximum Gasteiger partial charge on any atom is 0.165 e. The molecule has 1 aromatic rings. The Balaban J connectivity index is 2.24. The van der Waals surface area contributed by atoms with Crippen LogP contribution in [0.25, 0.3) is 0 Å². The number of aromatic nitrogens is 1. The van der Waals surface area contributed by atoms with Gasteiger partial charge in [0.1, 0.15) is 0 Å². The van der Waals surface area contributed by atoms with Gasteiger partial charge in [-0.1, -0.05) is 0 Å². The number of aryl methyl sites for hydroxylation is 1. The molecule has 2 aliphatic carbocycles. The fourth-order valence-electron chi connectivity index (χ4n) is 2.71. The van der Waals surface area contributed by atoms with E-state index in [9.17, 15) is 9.59 Å². The minimum Gasteiger partial charge on any atom is -0.294 e. The summed E-state index contributed by atoms with van der Waals surface area (Å²) in [7, 11) is 0. The highest BCUT2D eigenvalue weighted by Crippen LogP contribution is 2.30. The Labute approximate surface area is 93.9 Å². The molecule has 0 spiro atoms. The minimum atomic E-state index is 0.148. The van der Waals surface area contributed by atoms with Crippen LogP contribution in [-0.2, 0) is 12.8 Å². The molecule has 0 radical (unpaired) electrons. The first kappa shape index (κ1) is 9.70. The summed E-state index contributed by atoms with van der Waals surface area (Å²) in [5.74, 6) is 0.329. The number of hydrogen-bond acceptors (Lipinski definition) is 3. The lowest BCUT2D eigenvalue weighted by molar-refractivity contribution is 0.0966. The molecule has 3 nitrogen and oxygen atoms in total.